The fourth-order valence-corrected chi connectivity index (χ4v) is 3.92. The van der Waals surface area contributed by atoms with E-state index in [1.807, 2.05) is 12.1 Å². The van der Waals surface area contributed by atoms with Gasteiger partial charge in [0.05, 0.1) is 0 Å². The number of hydrogen-bond donors (Lipinski definition) is 0. The zero-order chi connectivity index (χ0) is 18.8. The van der Waals surface area contributed by atoms with Gasteiger partial charge in [-0.15, -0.1) is 0 Å². The largest absolute Gasteiger partial charge is 0.534 e. The van der Waals surface area contributed by atoms with E-state index >= 15 is 0 Å². The van der Waals surface area contributed by atoms with Gasteiger partial charge in [0, 0.05) is 5.56 Å². The van der Waals surface area contributed by atoms with Crippen LogP contribution in [0.5, 0.6) is 5.75 Å². The molecular formula is C19H19F3O3S. The Hall–Kier alpha value is -2.02. The number of benzene rings is 2. The molecule has 0 bridgehead atoms. The smallest absolute Gasteiger partial charge is 0.375 e. The average molecular weight is 384 g/mol. The number of rotatable bonds is 4. The van der Waals surface area contributed by atoms with Gasteiger partial charge in [-0.05, 0) is 36.0 Å². The van der Waals surface area contributed by atoms with Crippen molar-refractivity contribution in [2.45, 2.75) is 43.5 Å². The summed E-state index contributed by atoms with van der Waals surface area (Å²) < 4.78 is 65.5. The van der Waals surface area contributed by atoms with Gasteiger partial charge in [0.15, 0.2) is 5.75 Å². The minimum Gasteiger partial charge on any atom is -0.375 e. The molecule has 26 heavy (non-hydrogen) atoms. The molecule has 0 aliphatic heterocycles. The summed E-state index contributed by atoms with van der Waals surface area (Å²) in [5.41, 5.74) is -3.38. The molecule has 1 aliphatic carbocycles. The first-order chi connectivity index (χ1) is 12.3. The third-order valence-corrected chi connectivity index (χ3v) is 5.63. The molecule has 0 aromatic heterocycles. The van der Waals surface area contributed by atoms with Gasteiger partial charge in [-0.3, -0.25) is 0 Å². The third kappa shape index (κ3) is 3.87. The van der Waals surface area contributed by atoms with Gasteiger partial charge in [-0.1, -0.05) is 61.7 Å². The summed E-state index contributed by atoms with van der Waals surface area (Å²) in [4.78, 5) is 0. The van der Waals surface area contributed by atoms with Crippen molar-refractivity contribution in [2.75, 3.05) is 0 Å². The molecule has 1 fully saturated rings. The molecular weight excluding hydrogens is 365 g/mol. The quantitative estimate of drug-likeness (QED) is 0.507. The zero-order valence-electron chi connectivity index (χ0n) is 14.0. The predicted octanol–water partition coefficient (Wildman–Crippen LogP) is 5.63. The van der Waals surface area contributed by atoms with E-state index in [1.165, 1.54) is 18.6 Å². The van der Waals surface area contributed by atoms with Crippen LogP contribution in [0.3, 0.4) is 0 Å². The van der Waals surface area contributed by atoms with Crippen LogP contribution in [-0.2, 0) is 10.1 Å². The normalized spacial score (nSPS) is 16.4. The van der Waals surface area contributed by atoms with Gasteiger partial charge >= 0.3 is 15.6 Å². The molecule has 3 rings (SSSR count). The lowest BCUT2D eigenvalue weighted by Gasteiger charge is -2.25. The standard InChI is InChI=1S/C19H19F3O3S/c20-19(21,22)26(23,24)25-18-13-7-6-12-17(18)16-11-5-4-10-15(16)14-8-2-1-3-9-14/h4-7,10-14H,1-3,8-9H2. The summed E-state index contributed by atoms with van der Waals surface area (Å²) in [6, 6.07) is 13.4. The molecule has 0 amide bonds. The average Bonchev–Trinajstić information content (AvgIpc) is 2.62. The first kappa shape index (κ1) is 18.8. The van der Waals surface area contributed by atoms with E-state index in [1.54, 1.807) is 24.3 Å². The van der Waals surface area contributed by atoms with Gasteiger partial charge in [-0.25, -0.2) is 0 Å². The van der Waals surface area contributed by atoms with Gasteiger partial charge < -0.3 is 4.18 Å². The van der Waals surface area contributed by atoms with Crippen molar-refractivity contribution in [1.29, 1.82) is 0 Å². The summed E-state index contributed by atoms with van der Waals surface area (Å²) in [5, 5.41) is 0. The maximum absolute atomic E-state index is 12.7. The van der Waals surface area contributed by atoms with E-state index in [0.717, 1.165) is 31.2 Å². The Kier molecular flexibility index (Phi) is 5.27. The summed E-state index contributed by atoms with van der Waals surface area (Å²) >= 11 is 0. The number of hydrogen-bond acceptors (Lipinski definition) is 3. The highest BCUT2D eigenvalue weighted by Gasteiger charge is 2.48. The van der Waals surface area contributed by atoms with Crippen molar-refractivity contribution in [2.24, 2.45) is 0 Å². The highest BCUT2D eigenvalue weighted by atomic mass is 32.2. The first-order valence-electron chi connectivity index (χ1n) is 8.49. The van der Waals surface area contributed by atoms with Crippen molar-refractivity contribution >= 4 is 10.1 Å². The number of para-hydroxylation sites is 1. The van der Waals surface area contributed by atoms with Gasteiger partial charge in [0.25, 0.3) is 0 Å². The van der Waals surface area contributed by atoms with Crippen molar-refractivity contribution < 1.29 is 25.8 Å². The summed E-state index contributed by atoms with van der Waals surface area (Å²) in [6.45, 7) is 0. The molecule has 2 aromatic carbocycles. The fraction of sp³-hybridized carbons (Fsp3) is 0.368. The Labute approximate surface area is 150 Å². The number of halogens is 3. The van der Waals surface area contributed by atoms with Crippen LogP contribution >= 0.6 is 0 Å². The summed E-state index contributed by atoms with van der Waals surface area (Å²) in [7, 11) is -5.72. The van der Waals surface area contributed by atoms with Gasteiger partial charge in [0.2, 0.25) is 0 Å². The minimum atomic E-state index is -5.72. The van der Waals surface area contributed by atoms with E-state index in [4.69, 9.17) is 0 Å². The first-order valence-corrected chi connectivity index (χ1v) is 9.89. The van der Waals surface area contributed by atoms with Crippen LogP contribution in [0.25, 0.3) is 11.1 Å². The Balaban J connectivity index is 2.04. The minimum absolute atomic E-state index is 0.312. The van der Waals surface area contributed by atoms with E-state index < -0.39 is 15.6 Å². The fourth-order valence-electron chi connectivity index (χ4n) is 3.44. The van der Waals surface area contributed by atoms with E-state index in [0.29, 0.717) is 17.0 Å². The van der Waals surface area contributed by atoms with Gasteiger partial charge in [-0.2, -0.15) is 21.6 Å². The van der Waals surface area contributed by atoms with Gasteiger partial charge in [0.1, 0.15) is 0 Å². The molecule has 140 valence electrons. The lowest BCUT2D eigenvalue weighted by Crippen LogP contribution is -2.28. The van der Waals surface area contributed by atoms with Crippen molar-refractivity contribution in [3.63, 3.8) is 0 Å². The Morgan fingerprint density at radius 1 is 0.846 bits per heavy atom. The second kappa shape index (κ2) is 7.31. The molecule has 0 radical (unpaired) electrons. The SMILES string of the molecule is O=S(=O)(Oc1ccccc1-c1ccccc1C1CCCCC1)C(F)(F)F. The summed E-state index contributed by atoms with van der Waals surface area (Å²) in [5.74, 6) is 0.000291. The monoisotopic (exact) mass is 384 g/mol. The Bertz CT molecular complexity index is 870. The lowest BCUT2D eigenvalue weighted by atomic mass is 9.81. The topological polar surface area (TPSA) is 43.4 Å². The molecule has 1 saturated carbocycles. The highest BCUT2D eigenvalue weighted by Crippen LogP contribution is 2.41. The predicted molar refractivity (Wildman–Crippen MR) is 93.3 cm³/mol. The lowest BCUT2D eigenvalue weighted by molar-refractivity contribution is -0.0499. The van der Waals surface area contributed by atoms with Crippen LogP contribution in [-0.4, -0.2) is 13.9 Å². The number of alkyl halides is 3. The van der Waals surface area contributed by atoms with E-state index in [2.05, 4.69) is 4.18 Å². The Morgan fingerprint density at radius 3 is 2.08 bits per heavy atom. The van der Waals surface area contributed by atoms with Crippen molar-refractivity contribution in [3.8, 4) is 16.9 Å². The van der Waals surface area contributed by atoms with E-state index in [-0.39, 0.29) is 5.75 Å². The molecule has 2 aromatic rings. The maximum atomic E-state index is 12.7. The molecule has 0 heterocycles. The molecule has 0 unspecified atom stereocenters. The van der Waals surface area contributed by atoms with Crippen LogP contribution in [0.15, 0.2) is 48.5 Å². The zero-order valence-corrected chi connectivity index (χ0v) is 14.8. The third-order valence-electron chi connectivity index (χ3n) is 4.67. The molecule has 0 atom stereocenters. The molecule has 3 nitrogen and oxygen atoms in total. The molecule has 1 aliphatic rings. The van der Waals surface area contributed by atoms with Crippen LogP contribution in [0.4, 0.5) is 13.2 Å². The highest BCUT2D eigenvalue weighted by molar-refractivity contribution is 7.88. The van der Waals surface area contributed by atoms with Crippen molar-refractivity contribution in [1.82, 2.24) is 0 Å². The van der Waals surface area contributed by atoms with Crippen LogP contribution in [0, 0.1) is 0 Å². The second-order valence-corrected chi connectivity index (χ2v) is 7.94. The van der Waals surface area contributed by atoms with Crippen LogP contribution in [0.1, 0.15) is 43.6 Å². The second-order valence-electron chi connectivity index (χ2n) is 6.40. The molecule has 0 saturated heterocycles. The van der Waals surface area contributed by atoms with Crippen LogP contribution < -0.4 is 4.18 Å². The molecule has 0 N–H and O–H groups in total. The summed E-state index contributed by atoms with van der Waals surface area (Å²) in [6.07, 6.45) is 5.43. The van der Waals surface area contributed by atoms with E-state index in [9.17, 15) is 21.6 Å². The molecule has 0 spiro atoms. The van der Waals surface area contributed by atoms with Crippen molar-refractivity contribution in [3.05, 3.63) is 54.1 Å². The maximum Gasteiger partial charge on any atom is 0.534 e. The molecule has 7 heteroatoms. The Morgan fingerprint density at radius 2 is 1.42 bits per heavy atom. The van der Waals surface area contributed by atoms with Crippen LogP contribution in [0.2, 0.25) is 0 Å².